The average molecular weight is 456 g/mol. The van der Waals surface area contributed by atoms with Crippen LogP contribution in [0.5, 0.6) is 0 Å². The molecular weight excluding hydrogens is 434 g/mol. The van der Waals surface area contributed by atoms with Crippen molar-refractivity contribution in [2.45, 2.75) is 19.9 Å². The van der Waals surface area contributed by atoms with Gasteiger partial charge in [0.15, 0.2) is 5.69 Å². The fourth-order valence-corrected chi connectivity index (χ4v) is 4.09. The van der Waals surface area contributed by atoms with Gasteiger partial charge in [0.05, 0.1) is 16.4 Å². The van der Waals surface area contributed by atoms with E-state index in [2.05, 4.69) is 5.10 Å². The van der Waals surface area contributed by atoms with E-state index in [1.54, 1.807) is 41.3 Å². The van der Waals surface area contributed by atoms with Crippen LogP contribution in [-0.2, 0) is 0 Å². The van der Waals surface area contributed by atoms with Crippen LogP contribution in [-0.4, -0.2) is 51.7 Å². The molecule has 1 aromatic heterocycles. The van der Waals surface area contributed by atoms with Crippen molar-refractivity contribution < 1.29 is 9.72 Å². The number of nitrogens with zero attached hydrogens (tertiary/aromatic N) is 5. The number of carbonyl (C=O) groups is 1. The molecule has 0 spiro atoms. The van der Waals surface area contributed by atoms with E-state index in [-0.39, 0.29) is 28.9 Å². The minimum Gasteiger partial charge on any atom is -0.362 e. The third-order valence-corrected chi connectivity index (χ3v) is 5.80. The highest BCUT2D eigenvalue weighted by atomic mass is 35.5. The Kier molecular flexibility index (Phi) is 5.84. The number of nitro groups is 1. The van der Waals surface area contributed by atoms with E-state index in [0.717, 1.165) is 0 Å². The zero-order chi connectivity index (χ0) is 23.0. The SMILES string of the molecule is CC(C)n1nc(C(=O)N2CCN(c3ccc(Cl)cc3[N+](=O)[O-])CC2)c2ccccc2c1=O. The Labute approximate surface area is 189 Å². The number of amides is 1. The van der Waals surface area contributed by atoms with E-state index in [9.17, 15) is 19.7 Å². The molecule has 1 aliphatic heterocycles. The second-order valence-corrected chi connectivity index (χ2v) is 8.34. The van der Waals surface area contributed by atoms with Crippen LogP contribution < -0.4 is 10.5 Å². The molecule has 0 bridgehead atoms. The first-order valence-corrected chi connectivity index (χ1v) is 10.7. The quantitative estimate of drug-likeness (QED) is 0.440. The van der Waals surface area contributed by atoms with Gasteiger partial charge in [-0.25, -0.2) is 4.68 Å². The fourth-order valence-electron chi connectivity index (χ4n) is 3.92. The second kappa shape index (κ2) is 8.58. The molecule has 0 atom stereocenters. The molecule has 1 saturated heterocycles. The number of halogens is 1. The van der Waals surface area contributed by atoms with Crippen molar-refractivity contribution in [2.24, 2.45) is 0 Å². The summed E-state index contributed by atoms with van der Waals surface area (Å²) in [5.74, 6) is -0.263. The number of anilines is 1. The molecule has 0 radical (unpaired) electrons. The number of piperazine rings is 1. The number of hydrogen-bond donors (Lipinski definition) is 0. The van der Waals surface area contributed by atoms with E-state index >= 15 is 0 Å². The van der Waals surface area contributed by atoms with E-state index in [1.807, 2.05) is 18.7 Å². The highest BCUT2D eigenvalue weighted by Gasteiger charge is 2.28. The minimum atomic E-state index is -0.454. The molecule has 1 fully saturated rings. The molecule has 0 saturated carbocycles. The summed E-state index contributed by atoms with van der Waals surface area (Å²) >= 11 is 5.92. The number of rotatable bonds is 4. The molecule has 1 aliphatic rings. The summed E-state index contributed by atoms with van der Waals surface area (Å²) in [5.41, 5.74) is 0.421. The number of nitro benzene ring substituents is 1. The highest BCUT2D eigenvalue weighted by Crippen LogP contribution is 2.31. The molecule has 3 aromatic rings. The molecule has 0 N–H and O–H groups in total. The number of aromatic nitrogens is 2. The molecule has 166 valence electrons. The van der Waals surface area contributed by atoms with E-state index < -0.39 is 4.92 Å². The van der Waals surface area contributed by atoms with Crippen molar-refractivity contribution in [3.63, 3.8) is 0 Å². The molecule has 9 nitrogen and oxygen atoms in total. The van der Waals surface area contributed by atoms with Gasteiger partial charge < -0.3 is 9.80 Å². The van der Waals surface area contributed by atoms with Gasteiger partial charge in [-0.3, -0.25) is 19.7 Å². The zero-order valence-electron chi connectivity index (χ0n) is 17.7. The first kappa shape index (κ1) is 21.8. The van der Waals surface area contributed by atoms with Crippen LogP contribution in [0.1, 0.15) is 30.4 Å². The highest BCUT2D eigenvalue weighted by molar-refractivity contribution is 6.30. The molecule has 2 heterocycles. The monoisotopic (exact) mass is 455 g/mol. The van der Waals surface area contributed by atoms with Gasteiger partial charge in [0, 0.05) is 42.7 Å². The van der Waals surface area contributed by atoms with Gasteiger partial charge in [-0.05, 0) is 32.0 Å². The average Bonchev–Trinajstić information content (AvgIpc) is 2.79. The molecule has 1 amide bonds. The third-order valence-electron chi connectivity index (χ3n) is 5.56. The molecule has 32 heavy (non-hydrogen) atoms. The maximum absolute atomic E-state index is 13.4. The Morgan fingerprint density at radius 3 is 2.38 bits per heavy atom. The van der Waals surface area contributed by atoms with Gasteiger partial charge in [0.1, 0.15) is 5.69 Å². The van der Waals surface area contributed by atoms with Gasteiger partial charge in [-0.2, -0.15) is 5.10 Å². The van der Waals surface area contributed by atoms with Crippen LogP contribution >= 0.6 is 11.6 Å². The summed E-state index contributed by atoms with van der Waals surface area (Å²) in [5, 5.41) is 17.1. The summed E-state index contributed by atoms with van der Waals surface area (Å²) in [6.45, 7) is 5.28. The predicted molar refractivity (Wildman–Crippen MR) is 123 cm³/mol. The largest absolute Gasteiger partial charge is 0.362 e. The lowest BCUT2D eigenvalue weighted by Crippen LogP contribution is -2.49. The topological polar surface area (TPSA) is 102 Å². The van der Waals surface area contributed by atoms with Gasteiger partial charge in [-0.15, -0.1) is 0 Å². The molecule has 0 unspecified atom stereocenters. The second-order valence-electron chi connectivity index (χ2n) is 7.91. The molecule has 0 aliphatic carbocycles. The number of benzene rings is 2. The van der Waals surface area contributed by atoms with E-state index in [1.165, 1.54) is 10.7 Å². The standard InChI is InChI=1S/C22H22ClN5O4/c1-14(2)27-21(29)17-6-4-3-5-16(17)20(24-27)22(30)26-11-9-25(10-12-26)18-8-7-15(23)13-19(18)28(31)32/h3-8,13-14H,9-12H2,1-2H3. The minimum absolute atomic E-state index is 0.0612. The molecular formula is C22H22ClN5O4. The van der Waals surface area contributed by atoms with Crippen LogP contribution in [0.15, 0.2) is 47.3 Å². The molecule has 4 rings (SSSR count). The summed E-state index contributed by atoms with van der Waals surface area (Å²) in [7, 11) is 0. The van der Waals surface area contributed by atoms with Crippen LogP contribution in [0, 0.1) is 10.1 Å². The normalized spacial score (nSPS) is 14.2. The summed E-state index contributed by atoms with van der Waals surface area (Å²) in [6.07, 6.45) is 0. The first-order chi connectivity index (χ1) is 15.3. The van der Waals surface area contributed by atoms with Crippen LogP contribution in [0.25, 0.3) is 10.8 Å². The maximum atomic E-state index is 13.4. The summed E-state index contributed by atoms with van der Waals surface area (Å²) in [6, 6.07) is 11.4. The van der Waals surface area contributed by atoms with Gasteiger partial charge >= 0.3 is 0 Å². The van der Waals surface area contributed by atoms with Gasteiger partial charge in [0.2, 0.25) is 0 Å². The van der Waals surface area contributed by atoms with Crippen LogP contribution in [0.2, 0.25) is 5.02 Å². The third kappa shape index (κ3) is 3.91. The maximum Gasteiger partial charge on any atom is 0.294 e. The van der Waals surface area contributed by atoms with E-state index in [0.29, 0.717) is 47.7 Å². The summed E-state index contributed by atoms with van der Waals surface area (Å²) in [4.78, 5) is 40.6. The van der Waals surface area contributed by atoms with Crippen LogP contribution in [0.4, 0.5) is 11.4 Å². The van der Waals surface area contributed by atoms with Crippen molar-refractivity contribution >= 4 is 39.7 Å². The van der Waals surface area contributed by atoms with Crippen molar-refractivity contribution in [3.05, 3.63) is 73.6 Å². The Morgan fingerprint density at radius 2 is 1.75 bits per heavy atom. The van der Waals surface area contributed by atoms with E-state index in [4.69, 9.17) is 11.6 Å². The lowest BCUT2D eigenvalue weighted by atomic mass is 10.1. The van der Waals surface area contributed by atoms with Gasteiger partial charge in [-0.1, -0.05) is 29.8 Å². The predicted octanol–water partition coefficient (Wildman–Crippen LogP) is 3.50. The molecule has 2 aromatic carbocycles. The van der Waals surface area contributed by atoms with Crippen LogP contribution in [0.3, 0.4) is 0 Å². The summed E-state index contributed by atoms with van der Waals surface area (Å²) < 4.78 is 1.34. The first-order valence-electron chi connectivity index (χ1n) is 10.3. The lowest BCUT2D eigenvalue weighted by molar-refractivity contribution is -0.384. The number of hydrogen-bond acceptors (Lipinski definition) is 6. The van der Waals surface area contributed by atoms with Crippen molar-refractivity contribution in [3.8, 4) is 0 Å². The lowest BCUT2D eigenvalue weighted by Gasteiger charge is -2.35. The van der Waals surface area contributed by atoms with Gasteiger partial charge in [0.25, 0.3) is 17.2 Å². The zero-order valence-corrected chi connectivity index (χ0v) is 18.5. The molecule has 10 heteroatoms. The Bertz CT molecular complexity index is 1260. The number of carbonyl (C=O) groups excluding carboxylic acids is 1. The Hall–Kier alpha value is -3.46. The Balaban J connectivity index is 1.61. The van der Waals surface area contributed by atoms with Crippen molar-refractivity contribution in [1.29, 1.82) is 0 Å². The van der Waals surface area contributed by atoms with Crippen molar-refractivity contribution in [2.75, 3.05) is 31.1 Å². The van der Waals surface area contributed by atoms with Crippen molar-refractivity contribution in [1.82, 2.24) is 14.7 Å². The Morgan fingerprint density at radius 1 is 1.09 bits per heavy atom. The number of fused-ring (bicyclic) bond motifs is 1. The smallest absolute Gasteiger partial charge is 0.294 e. The fraction of sp³-hybridized carbons (Fsp3) is 0.318.